The summed E-state index contributed by atoms with van der Waals surface area (Å²) < 4.78 is 0. The summed E-state index contributed by atoms with van der Waals surface area (Å²) in [6.45, 7) is 3.01. The monoisotopic (exact) mass is 153 g/mol. The first-order valence-electron chi connectivity index (χ1n) is 4.60. The summed E-state index contributed by atoms with van der Waals surface area (Å²) in [4.78, 5) is 13.4. The minimum Gasteiger partial charge on any atom is -0.339 e. The lowest BCUT2D eigenvalue weighted by Crippen LogP contribution is -2.37. The molecule has 0 aromatic heterocycles. The van der Waals surface area contributed by atoms with Crippen LogP contribution in [0.5, 0.6) is 0 Å². The first kappa shape index (κ1) is 7.14. The van der Waals surface area contributed by atoms with Crippen molar-refractivity contribution in [1.82, 2.24) is 4.90 Å². The molecule has 1 aliphatic carbocycles. The summed E-state index contributed by atoms with van der Waals surface area (Å²) in [7, 11) is 0. The summed E-state index contributed by atoms with van der Waals surface area (Å²) in [5.41, 5.74) is 0. The first-order valence-corrected chi connectivity index (χ1v) is 4.60. The molecular formula is C9H15NO. The van der Waals surface area contributed by atoms with E-state index in [0.717, 1.165) is 12.5 Å². The van der Waals surface area contributed by atoms with Crippen molar-refractivity contribution in [3.8, 4) is 0 Å². The van der Waals surface area contributed by atoms with Crippen molar-refractivity contribution in [3.05, 3.63) is 0 Å². The van der Waals surface area contributed by atoms with Gasteiger partial charge in [0.05, 0.1) is 0 Å². The molecule has 2 rings (SSSR count). The van der Waals surface area contributed by atoms with Crippen LogP contribution in [0, 0.1) is 5.92 Å². The number of hydrogen-bond donors (Lipinski definition) is 0. The zero-order chi connectivity index (χ0) is 7.84. The molecule has 0 radical (unpaired) electrons. The highest BCUT2D eigenvalue weighted by molar-refractivity contribution is 5.76. The molecule has 1 saturated heterocycles. The lowest BCUT2D eigenvalue weighted by molar-refractivity contribution is -0.132. The van der Waals surface area contributed by atoms with Crippen LogP contribution in [0.25, 0.3) is 0 Å². The maximum atomic E-state index is 11.3. The molecule has 2 fully saturated rings. The van der Waals surface area contributed by atoms with Gasteiger partial charge in [0.1, 0.15) is 0 Å². The van der Waals surface area contributed by atoms with Gasteiger partial charge in [-0.3, -0.25) is 4.79 Å². The van der Waals surface area contributed by atoms with Crippen LogP contribution in [-0.4, -0.2) is 23.4 Å². The zero-order valence-electron chi connectivity index (χ0n) is 7.05. The molecule has 2 heteroatoms. The largest absolute Gasteiger partial charge is 0.339 e. The molecule has 1 amide bonds. The minimum atomic E-state index is 0.359. The number of nitrogens with zero attached hydrogens (tertiary/aromatic N) is 1. The Morgan fingerprint density at radius 1 is 1.55 bits per heavy atom. The number of amides is 1. The molecule has 2 bridgehead atoms. The Labute approximate surface area is 67.6 Å². The topological polar surface area (TPSA) is 20.3 Å². The Hall–Kier alpha value is -0.530. The smallest absolute Gasteiger partial charge is 0.222 e. The van der Waals surface area contributed by atoms with E-state index in [0.29, 0.717) is 18.4 Å². The van der Waals surface area contributed by atoms with E-state index in [4.69, 9.17) is 0 Å². The summed E-state index contributed by atoms with van der Waals surface area (Å²) in [5, 5.41) is 0. The quantitative estimate of drug-likeness (QED) is 0.557. The van der Waals surface area contributed by atoms with Crippen LogP contribution in [0.15, 0.2) is 0 Å². The molecule has 0 aromatic carbocycles. The molecule has 0 aromatic rings. The third-order valence-corrected chi connectivity index (χ3v) is 3.03. The summed E-state index contributed by atoms with van der Waals surface area (Å²) in [6, 6.07) is 0.618. The van der Waals surface area contributed by atoms with Crippen LogP contribution in [0.4, 0.5) is 0 Å². The number of hydrogen-bond acceptors (Lipinski definition) is 1. The van der Waals surface area contributed by atoms with Crippen LogP contribution in [0.3, 0.4) is 0 Å². The molecule has 0 spiro atoms. The van der Waals surface area contributed by atoms with Gasteiger partial charge in [0.2, 0.25) is 5.91 Å². The Balaban J connectivity index is 2.02. The molecule has 2 atom stereocenters. The SMILES string of the molecule is CCC(=O)N1CC2CCC1C2. The lowest BCUT2D eigenvalue weighted by Gasteiger charge is -2.26. The number of fused-ring (bicyclic) bond motifs is 2. The number of likely N-dealkylation sites (tertiary alicyclic amines) is 1. The van der Waals surface area contributed by atoms with E-state index in [2.05, 4.69) is 4.90 Å². The fourth-order valence-corrected chi connectivity index (χ4v) is 2.43. The van der Waals surface area contributed by atoms with Crippen molar-refractivity contribution in [2.45, 2.75) is 38.6 Å². The maximum absolute atomic E-state index is 11.3. The minimum absolute atomic E-state index is 0.359. The second kappa shape index (κ2) is 2.50. The van der Waals surface area contributed by atoms with E-state index in [-0.39, 0.29) is 0 Å². The van der Waals surface area contributed by atoms with Crippen molar-refractivity contribution in [2.24, 2.45) is 5.92 Å². The molecule has 0 N–H and O–H groups in total. The van der Waals surface area contributed by atoms with E-state index < -0.39 is 0 Å². The van der Waals surface area contributed by atoms with E-state index in [9.17, 15) is 4.79 Å². The number of carbonyl (C=O) groups excluding carboxylic acids is 1. The third kappa shape index (κ3) is 1.05. The van der Waals surface area contributed by atoms with Crippen molar-refractivity contribution >= 4 is 5.91 Å². The summed E-state index contributed by atoms with van der Waals surface area (Å²) in [5.74, 6) is 1.20. The Kier molecular flexibility index (Phi) is 1.63. The van der Waals surface area contributed by atoms with Gasteiger partial charge in [0.15, 0.2) is 0 Å². The average molecular weight is 153 g/mol. The van der Waals surface area contributed by atoms with Crippen LogP contribution >= 0.6 is 0 Å². The van der Waals surface area contributed by atoms with E-state index in [1.807, 2.05) is 6.92 Å². The van der Waals surface area contributed by atoms with Gasteiger partial charge in [0.25, 0.3) is 0 Å². The molecule has 1 aliphatic heterocycles. The predicted octanol–water partition coefficient (Wildman–Crippen LogP) is 1.41. The van der Waals surface area contributed by atoms with Crippen LogP contribution in [-0.2, 0) is 4.79 Å². The molecule has 2 unspecified atom stereocenters. The van der Waals surface area contributed by atoms with Gasteiger partial charge in [0, 0.05) is 19.0 Å². The maximum Gasteiger partial charge on any atom is 0.222 e. The highest BCUT2D eigenvalue weighted by Crippen LogP contribution is 2.37. The lowest BCUT2D eigenvalue weighted by atomic mass is 10.1. The van der Waals surface area contributed by atoms with Gasteiger partial charge < -0.3 is 4.90 Å². The highest BCUT2D eigenvalue weighted by atomic mass is 16.2. The third-order valence-electron chi connectivity index (χ3n) is 3.03. The van der Waals surface area contributed by atoms with Gasteiger partial charge in [-0.15, -0.1) is 0 Å². The fraction of sp³-hybridized carbons (Fsp3) is 0.889. The number of rotatable bonds is 1. The van der Waals surface area contributed by atoms with Crippen LogP contribution in [0.2, 0.25) is 0 Å². The number of carbonyl (C=O) groups is 1. The summed E-state index contributed by atoms with van der Waals surface area (Å²) in [6.07, 6.45) is 4.59. The van der Waals surface area contributed by atoms with E-state index in [1.54, 1.807) is 0 Å². The van der Waals surface area contributed by atoms with Crippen LogP contribution in [0.1, 0.15) is 32.6 Å². The summed E-state index contributed by atoms with van der Waals surface area (Å²) >= 11 is 0. The van der Waals surface area contributed by atoms with Gasteiger partial charge in [-0.25, -0.2) is 0 Å². The molecule has 1 heterocycles. The fourth-order valence-electron chi connectivity index (χ4n) is 2.43. The average Bonchev–Trinajstić information content (AvgIpc) is 2.62. The zero-order valence-corrected chi connectivity index (χ0v) is 7.05. The molecule has 2 aliphatic rings. The van der Waals surface area contributed by atoms with Gasteiger partial charge in [-0.2, -0.15) is 0 Å². The standard InChI is InChI=1S/C9H15NO/c1-2-9(11)10-6-7-3-4-8(10)5-7/h7-8H,2-6H2,1H3. The van der Waals surface area contributed by atoms with Crippen molar-refractivity contribution in [2.75, 3.05) is 6.54 Å². The normalized spacial score (nSPS) is 34.8. The van der Waals surface area contributed by atoms with E-state index in [1.165, 1.54) is 19.3 Å². The predicted molar refractivity (Wildman–Crippen MR) is 43.1 cm³/mol. The van der Waals surface area contributed by atoms with Crippen molar-refractivity contribution < 1.29 is 4.79 Å². The Morgan fingerprint density at radius 2 is 2.36 bits per heavy atom. The molecule has 62 valence electrons. The molecule has 1 saturated carbocycles. The molecular weight excluding hydrogens is 138 g/mol. The number of piperidine rings is 1. The van der Waals surface area contributed by atoms with E-state index >= 15 is 0 Å². The van der Waals surface area contributed by atoms with Crippen molar-refractivity contribution in [1.29, 1.82) is 0 Å². The van der Waals surface area contributed by atoms with Gasteiger partial charge in [-0.05, 0) is 25.2 Å². The van der Waals surface area contributed by atoms with Gasteiger partial charge >= 0.3 is 0 Å². The second-order valence-electron chi connectivity index (χ2n) is 3.73. The van der Waals surface area contributed by atoms with Crippen molar-refractivity contribution in [3.63, 3.8) is 0 Å². The van der Waals surface area contributed by atoms with Crippen LogP contribution < -0.4 is 0 Å². The Morgan fingerprint density at radius 3 is 2.82 bits per heavy atom. The highest BCUT2D eigenvalue weighted by Gasteiger charge is 2.39. The molecule has 2 nitrogen and oxygen atoms in total. The second-order valence-corrected chi connectivity index (χ2v) is 3.73. The van der Waals surface area contributed by atoms with Gasteiger partial charge in [-0.1, -0.05) is 6.92 Å². The Bertz CT molecular complexity index is 178. The first-order chi connectivity index (χ1) is 5.31. The molecule has 11 heavy (non-hydrogen) atoms.